The van der Waals surface area contributed by atoms with Gasteiger partial charge in [0, 0.05) is 13.1 Å². The molecule has 0 saturated heterocycles. The van der Waals surface area contributed by atoms with Gasteiger partial charge in [-0.2, -0.15) is 0 Å². The molecular weight excluding hydrogens is 170 g/mol. The monoisotopic (exact) mass is 195 g/mol. The van der Waals surface area contributed by atoms with Crippen LogP contribution in [0.25, 0.3) is 0 Å². The lowest BCUT2D eigenvalue weighted by molar-refractivity contribution is 0.428. The summed E-state index contributed by atoms with van der Waals surface area (Å²) in [5.74, 6) is 0. The molecule has 1 aliphatic rings. The Kier molecular flexibility index (Phi) is 11.5. The number of rotatable bonds is 2. The molecule has 14 heavy (non-hydrogen) atoms. The van der Waals surface area contributed by atoms with Crippen LogP contribution in [0.4, 0.5) is 0 Å². The van der Waals surface area contributed by atoms with Gasteiger partial charge in [-0.05, 0) is 18.2 Å². The Bertz CT molecular complexity index is 169. The maximum atomic E-state index is 3.74. The van der Waals surface area contributed by atoms with E-state index in [9.17, 15) is 0 Å². The molecule has 1 heteroatoms. The summed E-state index contributed by atoms with van der Waals surface area (Å²) in [6.45, 7) is 17.5. The first-order valence-corrected chi connectivity index (χ1v) is 5.43. The second kappa shape index (κ2) is 10.3. The first-order valence-electron chi connectivity index (χ1n) is 5.43. The van der Waals surface area contributed by atoms with Gasteiger partial charge in [0.1, 0.15) is 0 Å². The molecule has 0 aromatic carbocycles. The van der Waals surface area contributed by atoms with E-state index in [0.717, 1.165) is 13.1 Å². The predicted octanol–water partition coefficient (Wildman–Crippen LogP) is 3.65. The van der Waals surface area contributed by atoms with Crippen molar-refractivity contribution in [3.8, 4) is 0 Å². The molecule has 1 rings (SSSR count). The first-order chi connectivity index (χ1) is 6.77. The largest absolute Gasteiger partial charge is 0.298 e. The van der Waals surface area contributed by atoms with Crippen LogP contribution in [-0.2, 0) is 0 Å². The molecule has 1 nitrogen and oxygen atoms in total. The minimum atomic E-state index is 1.02. The van der Waals surface area contributed by atoms with Crippen molar-refractivity contribution in [3.05, 3.63) is 36.5 Å². The predicted molar refractivity (Wildman–Crippen MR) is 67.6 cm³/mol. The van der Waals surface area contributed by atoms with E-state index in [1.54, 1.807) is 0 Å². The lowest BCUT2D eigenvalue weighted by atomic mass is 10.1. The Morgan fingerprint density at radius 3 is 1.43 bits per heavy atom. The van der Waals surface area contributed by atoms with Crippen LogP contribution in [0, 0.1) is 0 Å². The first kappa shape index (κ1) is 15.6. The van der Waals surface area contributed by atoms with Crippen LogP contribution >= 0.6 is 0 Å². The third-order valence-electron chi connectivity index (χ3n) is 1.79. The standard InChI is InChI=1S/C9H13N.2C2H6/c1-4-8-6-10(3)7-9(8)5-2;2*1-2/h4-5H,1-2,6-7H2,3H3;2*1-2H3. The molecule has 0 atom stereocenters. The summed E-state index contributed by atoms with van der Waals surface area (Å²) in [5.41, 5.74) is 2.63. The van der Waals surface area contributed by atoms with Crippen molar-refractivity contribution in [3.63, 3.8) is 0 Å². The minimum Gasteiger partial charge on any atom is -0.298 e. The molecule has 0 unspecified atom stereocenters. The molecule has 1 aliphatic heterocycles. The van der Waals surface area contributed by atoms with E-state index < -0.39 is 0 Å². The van der Waals surface area contributed by atoms with E-state index >= 15 is 0 Å². The molecule has 82 valence electrons. The Morgan fingerprint density at radius 1 is 0.929 bits per heavy atom. The minimum absolute atomic E-state index is 1.02. The maximum Gasteiger partial charge on any atom is 0.0237 e. The normalized spacial score (nSPS) is 14.9. The Hall–Kier alpha value is -0.820. The highest BCUT2D eigenvalue weighted by Gasteiger charge is 2.13. The third kappa shape index (κ3) is 5.03. The fourth-order valence-corrected chi connectivity index (χ4v) is 1.23. The quantitative estimate of drug-likeness (QED) is 0.650. The lowest BCUT2D eigenvalue weighted by Crippen LogP contribution is -2.14. The number of nitrogens with zero attached hydrogens (tertiary/aromatic N) is 1. The van der Waals surface area contributed by atoms with Crippen LogP contribution in [0.15, 0.2) is 36.5 Å². The molecule has 0 fully saturated rings. The van der Waals surface area contributed by atoms with Crippen molar-refractivity contribution in [1.82, 2.24) is 4.90 Å². The molecule has 1 heterocycles. The fraction of sp³-hybridized carbons (Fsp3) is 0.538. The van der Waals surface area contributed by atoms with Crippen molar-refractivity contribution < 1.29 is 0 Å². The van der Waals surface area contributed by atoms with Crippen molar-refractivity contribution in [2.24, 2.45) is 0 Å². The molecule has 0 saturated carbocycles. The maximum absolute atomic E-state index is 3.74. The van der Waals surface area contributed by atoms with Gasteiger partial charge >= 0.3 is 0 Å². The average molecular weight is 195 g/mol. The molecule has 0 radical (unpaired) electrons. The summed E-state index contributed by atoms with van der Waals surface area (Å²) < 4.78 is 0. The van der Waals surface area contributed by atoms with Crippen molar-refractivity contribution >= 4 is 0 Å². The summed E-state index contributed by atoms with van der Waals surface area (Å²) >= 11 is 0. The zero-order valence-electron chi connectivity index (χ0n) is 10.4. The Labute approximate surface area is 89.8 Å². The van der Waals surface area contributed by atoms with Crippen molar-refractivity contribution in [1.29, 1.82) is 0 Å². The van der Waals surface area contributed by atoms with Gasteiger partial charge in [-0.15, -0.1) is 0 Å². The van der Waals surface area contributed by atoms with Crippen LogP contribution in [-0.4, -0.2) is 25.0 Å². The smallest absolute Gasteiger partial charge is 0.0237 e. The molecule has 0 aromatic rings. The van der Waals surface area contributed by atoms with Crippen LogP contribution in [0.5, 0.6) is 0 Å². The summed E-state index contributed by atoms with van der Waals surface area (Å²) in [6.07, 6.45) is 3.83. The van der Waals surface area contributed by atoms with Crippen LogP contribution in [0.1, 0.15) is 27.7 Å². The SMILES string of the molecule is C=CC1=C(C=C)CN(C)C1.CC.CC. The van der Waals surface area contributed by atoms with Gasteiger partial charge in [0.05, 0.1) is 0 Å². The summed E-state index contributed by atoms with van der Waals surface area (Å²) in [4.78, 5) is 2.24. The number of likely N-dealkylation sites (N-methyl/N-ethyl adjacent to an activating group) is 1. The van der Waals surface area contributed by atoms with E-state index in [0.29, 0.717) is 0 Å². The van der Waals surface area contributed by atoms with Gasteiger partial charge in [0.15, 0.2) is 0 Å². The van der Waals surface area contributed by atoms with Crippen molar-refractivity contribution in [2.45, 2.75) is 27.7 Å². The van der Waals surface area contributed by atoms with Crippen LogP contribution < -0.4 is 0 Å². The van der Waals surface area contributed by atoms with Gasteiger partial charge in [-0.25, -0.2) is 0 Å². The Morgan fingerprint density at radius 2 is 1.21 bits per heavy atom. The van der Waals surface area contributed by atoms with Gasteiger partial charge in [-0.3, -0.25) is 4.90 Å². The second-order valence-corrected chi connectivity index (χ2v) is 2.63. The lowest BCUT2D eigenvalue weighted by Gasteiger charge is -2.04. The van der Waals surface area contributed by atoms with Gasteiger partial charge < -0.3 is 0 Å². The molecule has 0 N–H and O–H groups in total. The molecule has 0 aromatic heterocycles. The van der Waals surface area contributed by atoms with Gasteiger partial charge in [0.2, 0.25) is 0 Å². The zero-order chi connectivity index (χ0) is 11.6. The highest BCUT2D eigenvalue weighted by molar-refractivity contribution is 5.37. The summed E-state index contributed by atoms with van der Waals surface area (Å²) in [5, 5.41) is 0. The molecule has 0 bridgehead atoms. The average Bonchev–Trinajstić information content (AvgIpc) is 2.64. The molecular formula is C13H25N. The summed E-state index contributed by atoms with van der Waals surface area (Å²) in [7, 11) is 2.10. The molecule has 0 aliphatic carbocycles. The van der Waals surface area contributed by atoms with E-state index in [2.05, 4.69) is 25.1 Å². The highest BCUT2D eigenvalue weighted by Crippen LogP contribution is 2.16. The number of hydrogen-bond acceptors (Lipinski definition) is 1. The third-order valence-corrected chi connectivity index (χ3v) is 1.79. The number of hydrogen-bond donors (Lipinski definition) is 0. The highest BCUT2D eigenvalue weighted by atomic mass is 15.1. The van der Waals surface area contributed by atoms with Crippen LogP contribution in [0.2, 0.25) is 0 Å². The van der Waals surface area contributed by atoms with Crippen LogP contribution in [0.3, 0.4) is 0 Å². The molecule has 0 amide bonds. The summed E-state index contributed by atoms with van der Waals surface area (Å²) in [6, 6.07) is 0. The Balaban J connectivity index is 0. The molecule has 0 spiro atoms. The fourth-order valence-electron chi connectivity index (χ4n) is 1.23. The van der Waals surface area contributed by atoms with Gasteiger partial charge in [0.25, 0.3) is 0 Å². The van der Waals surface area contributed by atoms with E-state index in [1.165, 1.54) is 11.1 Å². The van der Waals surface area contributed by atoms with E-state index in [1.807, 2.05) is 39.8 Å². The second-order valence-electron chi connectivity index (χ2n) is 2.63. The van der Waals surface area contributed by atoms with Crippen molar-refractivity contribution in [2.75, 3.05) is 20.1 Å². The zero-order valence-corrected chi connectivity index (χ0v) is 10.4. The van der Waals surface area contributed by atoms with Gasteiger partial charge in [-0.1, -0.05) is 53.0 Å². The van der Waals surface area contributed by atoms with E-state index in [-0.39, 0.29) is 0 Å². The van der Waals surface area contributed by atoms with E-state index in [4.69, 9.17) is 0 Å². The topological polar surface area (TPSA) is 3.24 Å².